The summed E-state index contributed by atoms with van der Waals surface area (Å²) in [7, 11) is 3.14. The van der Waals surface area contributed by atoms with Gasteiger partial charge in [-0.2, -0.15) is 0 Å². The van der Waals surface area contributed by atoms with E-state index in [-0.39, 0.29) is 0 Å². The molecule has 0 aliphatic carbocycles. The summed E-state index contributed by atoms with van der Waals surface area (Å²) in [6, 6.07) is 5.43. The lowest BCUT2D eigenvalue weighted by Crippen LogP contribution is -2.06. The minimum Gasteiger partial charge on any atom is -0.352 e. The van der Waals surface area contributed by atoms with Crippen LogP contribution in [0.15, 0.2) is 18.2 Å². The second-order valence-electron chi connectivity index (χ2n) is 3.04. The van der Waals surface area contributed by atoms with Gasteiger partial charge in [0.05, 0.1) is 0 Å². The first-order valence-corrected chi connectivity index (χ1v) is 4.34. The second-order valence-corrected chi connectivity index (χ2v) is 3.04. The van der Waals surface area contributed by atoms with E-state index in [1.165, 1.54) is 0 Å². The molecule has 1 aromatic carbocycles. The quantitative estimate of drug-likeness (QED) is 0.544. The van der Waals surface area contributed by atoms with Gasteiger partial charge < -0.3 is 9.47 Å². The number of aldehydes is 1. The predicted octanol–water partition coefficient (Wildman–Crippen LogP) is 2.10. The lowest BCUT2D eigenvalue weighted by molar-refractivity contribution is -0.106. The summed E-state index contributed by atoms with van der Waals surface area (Å²) in [6.45, 7) is 1.95. The molecule has 14 heavy (non-hydrogen) atoms. The van der Waals surface area contributed by atoms with Crippen molar-refractivity contribution >= 4 is 6.29 Å². The predicted molar refractivity (Wildman–Crippen MR) is 53.3 cm³/mol. The number of hydrogen-bond acceptors (Lipinski definition) is 3. The van der Waals surface area contributed by atoms with Crippen LogP contribution in [-0.2, 0) is 9.47 Å². The van der Waals surface area contributed by atoms with Crippen LogP contribution in [-0.4, -0.2) is 20.5 Å². The third-order valence-corrected chi connectivity index (χ3v) is 2.12. The van der Waals surface area contributed by atoms with Crippen molar-refractivity contribution in [2.75, 3.05) is 14.2 Å². The summed E-state index contributed by atoms with van der Waals surface area (Å²) >= 11 is 0. The number of rotatable bonds is 4. The Labute approximate surface area is 83.6 Å². The number of methoxy groups -OCH3 is 2. The van der Waals surface area contributed by atoms with Crippen molar-refractivity contribution in [1.82, 2.24) is 0 Å². The first kappa shape index (κ1) is 10.9. The number of carbonyl (C=O) groups excluding carboxylic acids is 1. The lowest BCUT2D eigenvalue weighted by atomic mass is 10.1. The van der Waals surface area contributed by atoms with Crippen molar-refractivity contribution in [3.63, 3.8) is 0 Å². The maximum atomic E-state index is 10.6. The summed E-state index contributed by atoms with van der Waals surface area (Å²) in [6.07, 6.45) is 0.403. The van der Waals surface area contributed by atoms with Gasteiger partial charge in [-0.15, -0.1) is 0 Å². The molecule has 0 fully saturated rings. The molecular weight excluding hydrogens is 180 g/mol. The average molecular weight is 194 g/mol. The normalized spacial score (nSPS) is 10.6. The highest BCUT2D eigenvalue weighted by molar-refractivity contribution is 5.75. The maximum Gasteiger partial charge on any atom is 0.183 e. The molecular formula is C11H14O3. The highest BCUT2D eigenvalue weighted by Crippen LogP contribution is 2.21. The number of benzene rings is 1. The van der Waals surface area contributed by atoms with Gasteiger partial charge in [-0.3, -0.25) is 4.79 Å². The molecule has 1 aromatic rings. The van der Waals surface area contributed by atoms with Crippen LogP contribution in [0, 0.1) is 6.92 Å². The van der Waals surface area contributed by atoms with Gasteiger partial charge in [0, 0.05) is 25.3 Å². The second kappa shape index (κ2) is 4.88. The first-order chi connectivity index (χ1) is 6.72. The van der Waals surface area contributed by atoms with Gasteiger partial charge in [0.1, 0.15) is 6.29 Å². The van der Waals surface area contributed by atoms with Crippen molar-refractivity contribution in [1.29, 1.82) is 0 Å². The van der Waals surface area contributed by atoms with Gasteiger partial charge in [-0.1, -0.05) is 12.1 Å². The van der Waals surface area contributed by atoms with E-state index in [1.54, 1.807) is 26.4 Å². The molecule has 1 rings (SSSR count). The minimum atomic E-state index is -0.408. The molecule has 0 unspecified atom stereocenters. The maximum absolute atomic E-state index is 10.6. The van der Waals surface area contributed by atoms with Gasteiger partial charge in [0.2, 0.25) is 0 Å². The van der Waals surface area contributed by atoms with E-state index >= 15 is 0 Å². The molecule has 0 bridgehead atoms. The van der Waals surface area contributed by atoms with Gasteiger partial charge in [-0.25, -0.2) is 0 Å². The summed E-state index contributed by atoms with van der Waals surface area (Å²) in [4.78, 5) is 10.6. The fourth-order valence-electron chi connectivity index (χ4n) is 1.34. The molecule has 0 saturated carbocycles. The third kappa shape index (κ3) is 2.19. The van der Waals surface area contributed by atoms with E-state index in [0.29, 0.717) is 5.56 Å². The molecule has 76 valence electrons. The Morgan fingerprint density at radius 1 is 1.29 bits per heavy atom. The Morgan fingerprint density at radius 3 is 2.43 bits per heavy atom. The van der Waals surface area contributed by atoms with Gasteiger partial charge in [0.25, 0.3) is 0 Å². The Bertz CT molecular complexity index is 316. The van der Waals surface area contributed by atoms with Crippen molar-refractivity contribution in [3.8, 4) is 0 Å². The molecule has 0 aliphatic rings. The molecule has 0 aromatic heterocycles. The standard InChI is InChI=1S/C11H14O3/c1-8-4-5-9(7-12)6-10(8)11(13-2)14-3/h4-7,11H,1-3H3. The average Bonchev–Trinajstić information content (AvgIpc) is 2.22. The van der Waals surface area contributed by atoms with Crippen molar-refractivity contribution in [2.45, 2.75) is 13.2 Å². The zero-order valence-corrected chi connectivity index (χ0v) is 8.61. The topological polar surface area (TPSA) is 35.5 Å². The highest BCUT2D eigenvalue weighted by Gasteiger charge is 2.11. The van der Waals surface area contributed by atoms with Crippen LogP contribution in [0.5, 0.6) is 0 Å². The zero-order valence-electron chi connectivity index (χ0n) is 8.61. The van der Waals surface area contributed by atoms with E-state index in [9.17, 15) is 4.79 Å². The number of hydrogen-bond donors (Lipinski definition) is 0. The number of ether oxygens (including phenoxy) is 2. The van der Waals surface area contributed by atoms with E-state index < -0.39 is 6.29 Å². The molecule has 3 nitrogen and oxygen atoms in total. The molecule has 0 aliphatic heterocycles. The van der Waals surface area contributed by atoms with Crippen LogP contribution < -0.4 is 0 Å². The largest absolute Gasteiger partial charge is 0.352 e. The highest BCUT2D eigenvalue weighted by atomic mass is 16.7. The summed E-state index contributed by atoms with van der Waals surface area (Å²) < 4.78 is 10.3. The molecule has 3 heteroatoms. The van der Waals surface area contributed by atoms with E-state index in [4.69, 9.17) is 9.47 Å². The Morgan fingerprint density at radius 2 is 1.93 bits per heavy atom. The lowest BCUT2D eigenvalue weighted by Gasteiger charge is -2.16. The Kier molecular flexibility index (Phi) is 3.80. The van der Waals surface area contributed by atoms with Crippen molar-refractivity contribution in [3.05, 3.63) is 34.9 Å². The van der Waals surface area contributed by atoms with Crippen LogP contribution in [0.3, 0.4) is 0 Å². The van der Waals surface area contributed by atoms with Crippen LogP contribution in [0.4, 0.5) is 0 Å². The van der Waals surface area contributed by atoms with Gasteiger partial charge >= 0.3 is 0 Å². The molecule has 0 saturated heterocycles. The summed E-state index contributed by atoms with van der Waals surface area (Å²) in [5.74, 6) is 0. The third-order valence-electron chi connectivity index (χ3n) is 2.12. The molecule has 0 spiro atoms. The summed E-state index contributed by atoms with van der Waals surface area (Å²) in [5, 5.41) is 0. The number of aryl methyl sites for hydroxylation is 1. The zero-order chi connectivity index (χ0) is 10.6. The van der Waals surface area contributed by atoms with Crippen LogP contribution >= 0.6 is 0 Å². The van der Waals surface area contributed by atoms with Crippen molar-refractivity contribution in [2.24, 2.45) is 0 Å². The summed E-state index contributed by atoms with van der Waals surface area (Å²) in [5.41, 5.74) is 2.56. The van der Waals surface area contributed by atoms with Crippen LogP contribution in [0.2, 0.25) is 0 Å². The SMILES string of the molecule is COC(OC)c1cc(C=O)ccc1C. The van der Waals surface area contributed by atoms with Gasteiger partial charge in [0.15, 0.2) is 6.29 Å². The fourth-order valence-corrected chi connectivity index (χ4v) is 1.34. The fraction of sp³-hybridized carbons (Fsp3) is 0.364. The Hall–Kier alpha value is -1.19. The Balaban J connectivity index is 3.10. The molecule has 0 N–H and O–H groups in total. The van der Waals surface area contributed by atoms with Gasteiger partial charge in [-0.05, 0) is 18.6 Å². The minimum absolute atomic E-state index is 0.408. The molecule has 0 heterocycles. The van der Waals surface area contributed by atoms with E-state index in [1.807, 2.05) is 13.0 Å². The monoisotopic (exact) mass is 194 g/mol. The molecule has 0 atom stereocenters. The number of carbonyl (C=O) groups is 1. The van der Waals surface area contributed by atoms with Crippen LogP contribution in [0.25, 0.3) is 0 Å². The van der Waals surface area contributed by atoms with E-state index in [0.717, 1.165) is 17.4 Å². The first-order valence-electron chi connectivity index (χ1n) is 4.34. The van der Waals surface area contributed by atoms with E-state index in [2.05, 4.69) is 0 Å². The molecule has 0 radical (unpaired) electrons. The molecule has 0 amide bonds. The van der Waals surface area contributed by atoms with Crippen molar-refractivity contribution < 1.29 is 14.3 Å². The van der Waals surface area contributed by atoms with Crippen LogP contribution in [0.1, 0.15) is 27.8 Å². The smallest absolute Gasteiger partial charge is 0.183 e.